The maximum absolute atomic E-state index is 13.1. The third-order valence-corrected chi connectivity index (χ3v) is 7.13. The smallest absolute Gasteiger partial charge is 0.261 e. The largest absolute Gasteiger partial charge is 0.335 e. The molecule has 1 aliphatic heterocycles. The Morgan fingerprint density at radius 1 is 0.968 bits per heavy atom. The first-order valence-corrected chi connectivity index (χ1v) is 12.0. The fourth-order valence-electron chi connectivity index (χ4n) is 4.04. The van der Waals surface area contributed by atoms with Crippen LogP contribution in [0, 0.1) is 6.92 Å². The zero-order valence-electron chi connectivity index (χ0n) is 17.5. The summed E-state index contributed by atoms with van der Waals surface area (Å²) >= 11 is 0. The van der Waals surface area contributed by atoms with Crippen LogP contribution in [0.5, 0.6) is 0 Å². The summed E-state index contributed by atoms with van der Waals surface area (Å²) in [5.74, 6) is -0.0470. The molecule has 1 N–H and O–H groups in total. The molecule has 1 saturated heterocycles. The third kappa shape index (κ3) is 4.80. The second kappa shape index (κ2) is 8.94. The molecule has 160 valence electrons. The summed E-state index contributed by atoms with van der Waals surface area (Å²) in [5, 5.41) is 0. The lowest BCUT2D eigenvalue weighted by Gasteiger charge is -2.25. The highest BCUT2D eigenvalue weighted by Gasteiger charge is 2.29. The Morgan fingerprint density at radius 3 is 2.35 bits per heavy atom. The molecular formula is C25H26N2O3S. The van der Waals surface area contributed by atoms with Crippen LogP contribution < -0.4 is 4.72 Å². The molecule has 31 heavy (non-hydrogen) atoms. The van der Waals surface area contributed by atoms with Gasteiger partial charge in [-0.05, 0) is 67.6 Å². The van der Waals surface area contributed by atoms with Gasteiger partial charge in [0.05, 0.1) is 10.6 Å². The Kier molecular flexibility index (Phi) is 6.09. The maximum Gasteiger partial charge on any atom is 0.261 e. The van der Waals surface area contributed by atoms with Crippen molar-refractivity contribution in [3.05, 3.63) is 95.6 Å². The van der Waals surface area contributed by atoms with Crippen molar-refractivity contribution < 1.29 is 13.2 Å². The highest BCUT2D eigenvalue weighted by molar-refractivity contribution is 7.92. The molecule has 4 rings (SSSR count). The summed E-state index contributed by atoms with van der Waals surface area (Å²) in [6.07, 6.45) is 2.79. The van der Waals surface area contributed by atoms with Crippen LogP contribution >= 0.6 is 0 Å². The average Bonchev–Trinajstić information content (AvgIpc) is 3.23. The Labute approximate surface area is 183 Å². The van der Waals surface area contributed by atoms with Crippen LogP contribution in [0.1, 0.15) is 34.3 Å². The molecule has 3 aromatic carbocycles. The van der Waals surface area contributed by atoms with Crippen LogP contribution in [0.25, 0.3) is 0 Å². The van der Waals surface area contributed by atoms with E-state index in [1.54, 1.807) is 24.3 Å². The summed E-state index contributed by atoms with van der Waals surface area (Å²) < 4.78 is 28.1. The van der Waals surface area contributed by atoms with E-state index in [0.717, 1.165) is 31.4 Å². The molecule has 1 heterocycles. The monoisotopic (exact) mass is 434 g/mol. The van der Waals surface area contributed by atoms with Gasteiger partial charge in [-0.15, -0.1) is 0 Å². The van der Waals surface area contributed by atoms with Crippen LogP contribution in [0.3, 0.4) is 0 Å². The molecule has 0 radical (unpaired) electrons. The molecular weight excluding hydrogens is 408 g/mol. The number of carbonyl (C=O) groups excluding carboxylic acids is 1. The van der Waals surface area contributed by atoms with Crippen molar-refractivity contribution in [2.45, 2.75) is 37.1 Å². The van der Waals surface area contributed by atoms with E-state index in [4.69, 9.17) is 0 Å². The van der Waals surface area contributed by atoms with Gasteiger partial charge in [0.2, 0.25) is 0 Å². The molecule has 3 aromatic rings. The minimum atomic E-state index is -3.72. The topological polar surface area (TPSA) is 66.5 Å². The van der Waals surface area contributed by atoms with Gasteiger partial charge in [0.1, 0.15) is 0 Å². The predicted octanol–water partition coefficient (Wildman–Crippen LogP) is 4.64. The third-order valence-electron chi connectivity index (χ3n) is 5.75. The van der Waals surface area contributed by atoms with E-state index in [2.05, 4.69) is 16.9 Å². The quantitative estimate of drug-likeness (QED) is 0.614. The zero-order chi connectivity index (χ0) is 21.8. The standard InChI is InChI=1S/C25H26N2O3S/c1-19-8-5-6-12-24(19)26-31(29,30)23-15-13-21(14-16-23)25(28)27-17-7-11-22(27)18-20-9-3-2-4-10-20/h2-6,8-10,12-16,22,26H,7,11,17-18H2,1H3. The molecule has 0 spiro atoms. The van der Waals surface area contributed by atoms with Gasteiger partial charge >= 0.3 is 0 Å². The number of benzene rings is 3. The number of nitrogens with one attached hydrogen (secondary N) is 1. The van der Waals surface area contributed by atoms with Crippen molar-refractivity contribution in [1.82, 2.24) is 4.90 Å². The number of aryl methyl sites for hydroxylation is 1. The number of rotatable bonds is 6. The number of carbonyl (C=O) groups is 1. The van der Waals surface area contributed by atoms with E-state index >= 15 is 0 Å². The predicted molar refractivity (Wildman–Crippen MR) is 123 cm³/mol. The summed E-state index contributed by atoms with van der Waals surface area (Å²) in [5.41, 5.74) is 3.12. The van der Waals surface area contributed by atoms with Crippen molar-refractivity contribution >= 4 is 21.6 Å². The minimum Gasteiger partial charge on any atom is -0.335 e. The number of nitrogens with zero attached hydrogens (tertiary/aromatic N) is 1. The summed E-state index contributed by atoms with van der Waals surface area (Å²) in [6, 6.07) is 23.8. The van der Waals surface area contributed by atoms with Gasteiger partial charge in [0, 0.05) is 18.2 Å². The molecule has 0 aromatic heterocycles. The first kappa shape index (κ1) is 21.1. The van der Waals surface area contributed by atoms with Crippen LogP contribution in [-0.4, -0.2) is 31.8 Å². The number of anilines is 1. The second-order valence-electron chi connectivity index (χ2n) is 7.93. The molecule has 0 aliphatic carbocycles. The lowest BCUT2D eigenvalue weighted by Crippen LogP contribution is -2.36. The molecule has 1 fully saturated rings. The van der Waals surface area contributed by atoms with Crippen LogP contribution in [-0.2, 0) is 16.4 Å². The fourth-order valence-corrected chi connectivity index (χ4v) is 5.17. The van der Waals surface area contributed by atoms with Crippen molar-refractivity contribution in [1.29, 1.82) is 0 Å². The normalized spacial score (nSPS) is 16.3. The average molecular weight is 435 g/mol. The Bertz CT molecular complexity index is 1160. The molecule has 5 nitrogen and oxygen atoms in total. The minimum absolute atomic E-state index is 0.0470. The van der Waals surface area contributed by atoms with E-state index in [1.807, 2.05) is 42.2 Å². The summed E-state index contributed by atoms with van der Waals surface area (Å²) in [7, 11) is -3.72. The highest BCUT2D eigenvalue weighted by atomic mass is 32.2. The highest BCUT2D eigenvalue weighted by Crippen LogP contribution is 2.25. The molecule has 0 saturated carbocycles. The van der Waals surface area contributed by atoms with Gasteiger partial charge in [-0.25, -0.2) is 8.42 Å². The number of amides is 1. The van der Waals surface area contributed by atoms with E-state index in [1.165, 1.54) is 17.7 Å². The molecule has 1 amide bonds. The first-order chi connectivity index (χ1) is 14.9. The number of hydrogen-bond donors (Lipinski definition) is 1. The van der Waals surface area contributed by atoms with Gasteiger partial charge in [0.15, 0.2) is 0 Å². The Balaban J connectivity index is 1.48. The molecule has 6 heteroatoms. The Morgan fingerprint density at radius 2 is 1.65 bits per heavy atom. The van der Waals surface area contributed by atoms with Gasteiger partial charge in [-0.1, -0.05) is 48.5 Å². The van der Waals surface area contributed by atoms with E-state index in [9.17, 15) is 13.2 Å². The van der Waals surface area contributed by atoms with Gasteiger partial charge in [0.25, 0.3) is 15.9 Å². The van der Waals surface area contributed by atoms with Crippen LogP contribution in [0.4, 0.5) is 5.69 Å². The first-order valence-electron chi connectivity index (χ1n) is 10.5. The van der Waals surface area contributed by atoms with Crippen LogP contribution in [0.15, 0.2) is 83.8 Å². The molecule has 0 bridgehead atoms. The SMILES string of the molecule is Cc1ccccc1NS(=O)(=O)c1ccc(C(=O)N2CCCC2Cc2ccccc2)cc1. The lowest BCUT2D eigenvalue weighted by molar-refractivity contribution is 0.0736. The van der Waals surface area contributed by atoms with Gasteiger partial charge in [-0.3, -0.25) is 9.52 Å². The lowest BCUT2D eigenvalue weighted by atomic mass is 10.0. The fraction of sp³-hybridized carbons (Fsp3) is 0.240. The zero-order valence-corrected chi connectivity index (χ0v) is 18.3. The number of likely N-dealkylation sites (tertiary alicyclic amines) is 1. The molecule has 1 atom stereocenters. The summed E-state index contributed by atoms with van der Waals surface area (Å²) in [6.45, 7) is 2.58. The van der Waals surface area contributed by atoms with E-state index < -0.39 is 10.0 Å². The van der Waals surface area contributed by atoms with Gasteiger partial charge in [-0.2, -0.15) is 0 Å². The van der Waals surface area contributed by atoms with Crippen molar-refractivity contribution in [2.75, 3.05) is 11.3 Å². The van der Waals surface area contributed by atoms with Crippen molar-refractivity contribution in [2.24, 2.45) is 0 Å². The van der Waals surface area contributed by atoms with E-state index in [-0.39, 0.29) is 16.8 Å². The van der Waals surface area contributed by atoms with Crippen LogP contribution in [0.2, 0.25) is 0 Å². The summed E-state index contributed by atoms with van der Waals surface area (Å²) in [4.78, 5) is 15.2. The number of para-hydroxylation sites is 1. The molecule has 1 aliphatic rings. The maximum atomic E-state index is 13.1. The van der Waals surface area contributed by atoms with E-state index in [0.29, 0.717) is 11.3 Å². The van der Waals surface area contributed by atoms with Crippen molar-refractivity contribution in [3.8, 4) is 0 Å². The number of hydrogen-bond acceptors (Lipinski definition) is 3. The number of sulfonamides is 1. The second-order valence-corrected chi connectivity index (χ2v) is 9.61. The van der Waals surface area contributed by atoms with Gasteiger partial charge < -0.3 is 4.90 Å². The Hall–Kier alpha value is -3.12. The van der Waals surface area contributed by atoms with Crippen molar-refractivity contribution in [3.63, 3.8) is 0 Å². The molecule has 1 unspecified atom stereocenters.